The lowest BCUT2D eigenvalue weighted by Gasteiger charge is -2.19. The Morgan fingerprint density at radius 2 is 1.88 bits per heavy atom. The summed E-state index contributed by atoms with van der Waals surface area (Å²) in [6, 6.07) is 11.4. The number of sulfonamides is 1. The number of aryl methyl sites for hydroxylation is 2. The fourth-order valence-corrected chi connectivity index (χ4v) is 4.49. The highest BCUT2D eigenvalue weighted by Gasteiger charge is 2.19. The van der Waals surface area contributed by atoms with E-state index in [1.807, 2.05) is 23.6 Å². The van der Waals surface area contributed by atoms with Crippen LogP contribution in [0.1, 0.15) is 18.7 Å². The molecule has 10 heteroatoms. The first kappa shape index (κ1) is 24.7. The van der Waals surface area contributed by atoms with E-state index in [2.05, 4.69) is 10.3 Å². The Morgan fingerprint density at radius 3 is 2.58 bits per heavy atom. The van der Waals surface area contributed by atoms with E-state index in [9.17, 15) is 17.6 Å². The van der Waals surface area contributed by atoms with Gasteiger partial charge >= 0.3 is 0 Å². The van der Waals surface area contributed by atoms with Gasteiger partial charge in [0.05, 0.1) is 21.6 Å². The number of rotatable bonds is 10. The quantitative estimate of drug-likeness (QED) is 0.456. The van der Waals surface area contributed by atoms with Crippen LogP contribution in [0.4, 0.5) is 10.1 Å². The van der Waals surface area contributed by atoms with E-state index >= 15 is 0 Å². The minimum absolute atomic E-state index is 0.0912. The summed E-state index contributed by atoms with van der Waals surface area (Å²) < 4.78 is 41.6. The number of anilines is 1. The van der Waals surface area contributed by atoms with E-state index in [0.717, 1.165) is 9.82 Å². The van der Waals surface area contributed by atoms with Crippen molar-refractivity contribution < 1.29 is 17.6 Å². The number of carbonyl (C=O) groups excluding carboxylic acids is 1. The number of hydrogen-bond acceptors (Lipinski definition) is 5. The third kappa shape index (κ3) is 5.69. The molecule has 0 aliphatic rings. The lowest BCUT2D eigenvalue weighted by Crippen LogP contribution is -2.28. The van der Waals surface area contributed by atoms with Crippen LogP contribution in [-0.4, -0.2) is 62.4 Å². The minimum atomic E-state index is -3.54. The van der Waals surface area contributed by atoms with Crippen LogP contribution in [0.5, 0.6) is 0 Å². The van der Waals surface area contributed by atoms with Crippen molar-refractivity contribution >= 4 is 32.7 Å². The number of nitrogens with zero attached hydrogens (tertiary/aromatic N) is 4. The molecular formula is C23H30FN5O3S. The van der Waals surface area contributed by atoms with Crippen molar-refractivity contribution in [3.63, 3.8) is 0 Å². The summed E-state index contributed by atoms with van der Waals surface area (Å²) in [6.45, 7) is 1.11. The van der Waals surface area contributed by atoms with Crippen molar-refractivity contribution in [1.29, 1.82) is 0 Å². The number of aromatic nitrogens is 2. The molecule has 33 heavy (non-hydrogen) atoms. The van der Waals surface area contributed by atoms with Crippen molar-refractivity contribution in [2.45, 2.75) is 24.2 Å². The second-order valence-corrected chi connectivity index (χ2v) is 10.3. The summed E-state index contributed by atoms with van der Waals surface area (Å²) in [5, 5.41) is 2.89. The summed E-state index contributed by atoms with van der Waals surface area (Å²) in [4.78, 5) is 18.8. The molecule has 8 nitrogen and oxygen atoms in total. The van der Waals surface area contributed by atoms with E-state index in [1.165, 1.54) is 20.2 Å². The molecule has 0 saturated carbocycles. The topological polar surface area (TPSA) is 87.5 Å². The van der Waals surface area contributed by atoms with Crippen LogP contribution in [-0.2, 0) is 28.3 Å². The Hall–Kier alpha value is -2.98. The molecule has 3 rings (SSSR count). The third-order valence-electron chi connectivity index (χ3n) is 5.56. The Kier molecular flexibility index (Phi) is 7.70. The molecule has 0 radical (unpaired) electrons. The van der Waals surface area contributed by atoms with E-state index in [1.54, 1.807) is 36.4 Å². The number of imidazole rings is 1. The number of para-hydroxylation sites is 1. The van der Waals surface area contributed by atoms with Gasteiger partial charge in [0, 0.05) is 54.1 Å². The molecule has 0 aliphatic carbocycles. The van der Waals surface area contributed by atoms with Gasteiger partial charge in [-0.25, -0.2) is 22.1 Å². The zero-order chi connectivity index (χ0) is 24.2. The predicted octanol–water partition coefficient (Wildman–Crippen LogP) is 2.54. The molecule has 0 saturated heterocycles. The van der Waals surface area contributed by atoms with Gasteiger partial charge in [-0.2, -0.15) is 0 Å². The van der Waals surface area contributed by atoms with Crippen LogP contribution in [0.3, 0.4) is 0 Å². The van der Waals surface area contributed by atoms with Gasteiger partial charge in [-0.3, -0.25) is 4.79 Å². The van der Waals surface area contributed by atoms with Gasteiger partial charge in [-0.05, 0) is 36.8 Å². The highest BCUT2D eigenvalue weighted by Crippen LogP contribution is 2.22. The maximum Gasteiger partial charge on any atom is 0.242 e. The summed E-state index contributed by atoms with van der Waals surface area (Å²) in [7, 11) is 3.10. The summed E-state index contributed by atoms with van der Waals surface area (Å²) in [6.07, 6.45) is 1.39. The smallest absolute Gasteiger partial charge is 0.242 e. The molecule has 0 spiro atoms. The van der Waals surface area contributed by atoms with Crippen molar-refractivity contribution in [3.05, 3.63) is 54.1 Å². The number of hydrogen-bond donors (Lipinski definition) is 1. The SMILES string of the molecule is CN(CCCNC(=O)CCc1nc2cc(S(=O)(=O)N(C)C)ccc2n1C)c1ccccc1F. The number of halogens is 1. The van der Waals surface area contributed by atoms with Crippen molar-refractivity contribution in [2.75, 3.05) is 39.1 Å². The average molecular weight is 476 g/mol. The van der Waals surface area contributed by atoms with Gasteiger partial charge < -0.3 is 14.8 Å². The lowest BCUT2D eigenvalue weighted by atomic mass is 10.2. The van der Waals surface area contributed by atoms with Crippen molar-refractivity contribution in [2.24, 2.45) is 7.05 Å². The molecule has 0 aliphatic heterocycles. The lowest BCUT2D eigenvalue weighted by molar-refractivity contribution is -0.121. The van der Waals surface area contributed by atoms with Gasteiger partial charge in [0.15, 0.2) is 0 Å². The fourth-order valence-electron chi connectivity index (χ4n) is 3.56. The molecular weight excluding hydrogens is 445 g/mol. The number of amides is 1. The Morgan fingerprint density at radius 1 is 1.15 bits per heavy atom. The first-order chi connectivity index (χ1) is 15.6. The van der Waals surface area contributed by atoms with Gasteiger partial charge in [-0.15, -0.1) is 0 Å². The highest BCUT2D eigenvalue weighted by atomic mass is 32.2. The molecule has 3 aromatic rings. The van der Waals surface area contributed by atoms with E-state index < -0.39 is 10.0 Å². The van der Waals surface area contributed by atoms with Crippen LogP contribution in [0, 0.1) is 5.82 Å². The molecule has 2 aromatic carbocycles. The number of benzene rings is 2. The second kappa shape index (κ2) is 10.3. The number of fused-ring (bicyclic) bond motifs is 1. The number of carbonyl (C=O) groups is 1. The molecule has 0 fully saturated rings. The molecule has 1 amide bonds. The van der Waals surface area contributed by atoms with Crippen LogP contribution in [0.15, 0.2) is 47.4 Å². The van der Waals surface area contributed by atoms with Gasteiger partial charge in [0.25, 0.3) is 0 Å². The summed E-state index contributed by atoms with van der Waals surface area (Å²) >= 11 is 0. The molecule has 0 unspecified atom stereocenters. The standard InChI is InChI=1S/C23H30FN5O3S/c1-27(2)33(31,32)17-10-11-21-19(16-17)26-22(29(21)4)12-13-23(30)25-14-7-15-28(3)20-9-6-5-8-18(20)24/h5-6,8-11,16H,7,12-15H2,1-4H3,(H,25,30). The first-order valence-corrected chi connectivity index (χ1v) is 12.2. The van der Waals surface area contributed by atoms with Crippen molar-refractivity contribution in [3.8, 4) is 0 Å². The number of nitrogens with one attached hydrogen (secondary N) is 1. The zero-order valence-corrected chi connectivity index (χ0v) is 20.2. The van der Waals surface area contributed by atoms with Crippen LogP contribution in [0.25, 0.3) is 11.0 Å². The Balaban J connectivity index is 1.52. The molecule has 0 atom stereocenters. The summed E-state index contributed by atoms with van der Waals surface area (Å²) in [5.74, 6) is 0.350. The zero-order valence-electron chi connectivity index (χ0n) is 19.4. The van der Waals surface area contributed by atoms with Gasteiger partial charge in [0.1, 0.15) is 11.6 Å². The van der Waals surface area contributed by atoms with Crippen LogP contribution < -0.4 is 10.2 Å². The normalized spacial score (nSPS) is 11.8. The van der Waals surface area contributed by atoms with Gasteiger partial charge in [0.2, 0.25) is 15.9 Å². The molecule has 1 heterocycles. The predicted molar refractivity (Wildman–Crippen MR) is 127 cm³/mol. The second-order valence-electron chi connectivity index (χ2n) is 8.10. The summed E-state index contributed by atoms with van der Waals surface area (Å²) in [5.41, 5.74) is 1.92. The van der Waals surface area contributed by atoms with Crippen LogP contribution in [0.2, 0.25) is 0 Å². The largest absolute Gasteiger partial charge is 0.372 e. The molecule has 1 aromatic heterocycles. The Bertz CT molecular complexity index is 1240. The maximum absolute atomic E-state index is 13.8. The van der Waals surface area contributed by atoms with E-state index in [-0.39, 0.29) is 23.0 Å². The fraction of sp³-hybridized carbons (Fsp3) is 0.391. The monoisotopic (exact) mass is 475 g/mol. The molecule has 0 bridgehead atoms. The highest BCUT2D eigenvalue weighted by molar-refractivity contribution is 7.89. The third-order valence-corrected chi connectivity index (χ3v) is 7.37. The average Bonchev–Trinajstić information content (AvgIpc) is 3.10. The Labute approximate surface area is 194 Å². The maximum atomic E-state index is 13.8. The molecule has 178 valence electrons. The van der Waals surface area contributed by atoms with Crippen molar-refractivity contribution in [1.82, 2.24) is 19.2 Å². The van der Waals surface area contributed by atoms with E-state index in [0.29, 0.717) is 43.0 Å². The first-order valence-electron chi connectivity index (χ1n) is 10.7. The van der Waals surface area contributed by atoms with Gasteiger partial charge in [-0.1, -0.05) is 12.1 Å². The minimum Gasteiger partial charge on any atom is -0.372 e. The van der Waals surface area contributed by atoms with Crippen LogP contribution >= 0.6 is 0 Å². The van der Waals surface area contributed by atoms with E-state index in [4.69, 9.17) is 0 Å². The molecule has 1 N–H and O–H groups in total.